The van der Waals surface area contributed by atoms with Crippen LogP contribution >= 0.6 is 22.9 Å². The van der Waals surface area contributed by atoms with E-state index in [1.54, 1.807) is 22.0 Å². The van der Waals surface area contributed by atoms with Gasteiger partial charge in [0.2, 0.25) is 0 Å². The number of thiophene rings is 1. The molecule has 0 spiro atoms. The van der Waals surface area contributed by atoms with Gasteiger partial charge < -0.3 is 9.88 Å². The molecule has 3 aromatic rings. The molecule has 1 N–H and O–H groups in total. The van der Waals surface area contributed by atoms with E-state index < -0.39 is 0 Å². The van der Waals surface area contributed by atoms with Gasteiger partial charge in [0.15, 0.2) is 0 Å². The zero-order chi connectivity index (χ0) is 20.0. The fraction of sp³-hybridized carbons (Fsp3) is 0.182. The molecule has 1 aliphatic heterocycles. The summed E-state index contributed by atoms with van der Waals surface area (Å²) in [5.74, 6) is 0.778. The zero-order valence-electron chi connectivity index (χ0n) is 15.9. The van der Waals surface area contributed by atoms with Gasteiger partial charge in [0.1, 0.15) is 10.8 Å². The smallest absolute Gasteiger partial charge is 0.269 e. The van der Waals surface area contributed by atoms with E-state index >= 15 is 0 Å². The molecule has 142 valence electrons. The third-order valence-electron chi connectivity index (χ3n) is 4.64. The zero-order valence-corrected chi connectivity index (χ0v) is 17.5. The molecule has 0 bridgehead atoms. The molecule has 6 heteroatoms. The van der Waals surface area contributed by atoms with Gasteiger partial charge in [0.25, 0.3) is 5.56 Å². The SMILES string of the molecule is C=C1C=Cc2cc(-c3cc(Cl)c(=O)n(C(C)C)c3)c(-c3ccc(C)s3)nc2N1. The Morgan fingerprint density at radius 2 is 2.04 bits per heavy atom. The van der Waals surface area contributed by atoms with Gasteiger partial charge in [0, 0.05) is 39.5 Å². The van der Waals surface area contributed by atoms with E-state index in [1.807, 2.05) is 32.2 Å². The molecule has 0 radical (unpaired) electrons. The number of aromatic nitrogens is 2. The van der Waals surface area contributed by atoms with E-state index in [4.69, 9.17) is 16.6 Å². The van der Waals surface area contributed by atoms with Crippen LogP contribution in [0, 0.1) is 6.92 Å². The maximum Gasteiger partial charge on any atom is 0.269 e. The highest BCUT2D eigenvalue weighted by molar-refractivity contribution is 7.15. The van der Waals surface area contributed by atoms with Crippen molar-refractivity contribution in [2.24, 2.45) is 0 Å². The predicted octanol–water partition coefficient (Wildman–Crippen LogP) is 6.13. The number of anilines is 1. The second kappa shape index (κ2) is 7.08. The molecule has 0 fully saturated rings. The van der Waals surface area contributed by atoms with Crippen LogP contribution in [-0.2, 0) is 0 Å². The van der Waals surface area contributed by atoms with Gasteiger partial charge in [-0.1, -0.05) is 18.2 Å². The number of rotatable bonds is 3. The Morgan fingerprint density at radius 1 is 1.25 bits per heavy atom. The number of pyridine rings is 2. The molecule has 0 unspecified atom stereocenters. The monoisotopic (exact) mass is 409 g/mol. The number of halogens is 1. The van der Waals surface area contributed by atoms with Crippen LogP contribution in [0.5, 0.6) is 0 Å². The first kappa shape index (κ1) is 18.7. The highest BCUT2D eigenvalue weighted by Gasteiger charge is 2.19. The van der Waals surface area contributed by atoms with Crippen LogP contribution in [0.4, 0.5) is 5.82 Å². The summed E-state index contributed by atoms with van der Waals surface area (Å²) in [5, 5.41) is 3.44. The number of aryl methyl sites for hydroxylation is 1. The van der Waals surface area contributed by atoms with Crippen molar-refractivity contribution in [2.45, 2.75) is 26.8 Å². The standard InChI is InChI=1S/C22H20ClN3OS/c1-12(2)26-11-16(10-18(23)22(26)27)17-9-15-7-5-13(3)24-21(15)25-20(17)19-8-6-14(4)28-19/h5-12H,3H2,1-2,4H3,(H,24,25). The van der Waals surface area contributed by atoms with Crippen molar-refractivity contribution < 1.29 is 0 Å². The number of nitrogens with one attached hydrogen (secondary N) is 1. The van der Waals surface area contributed by atoms with E-state index in [0.717, 1.165) is 38.8 Å². The second-order valence-electron chi connectivity index (χ2n) is 7.10. The lowest BCUT2D eigenvalue weighted by molar-refractivity contribution is 0.579. The lowest BCUT2D eigenvalue weighted by Crippen LogP contribution is -2.21. The van der Waals surface area contributed by atoms with Gasteiger partial charge in [-0.2, -0.15) is 0 Å². The largest absolute Gasteiger partial charge is 0.340 e. The first-order chi connectivity index (χ1) is 13.3. The van der Waals surface area contributed by atoms with Crippen molar-refractivity contribution in [3.8, 4) is 21.7 Å². The topological polar surface area (TPSA) is 46.9 Å². The normalized spacial score (nSPS) is 13.0. The maximum atomic E-state index is 12.4. The summed E-state index contributed by atoms with van der Waals surface area (Å²) in [5.41, 5.74) is 4.26. The molecule has 0 amide bonds. The van der Waals surface area contributed by atoms with Crippen molar-refractivity contribution in [1.82, 2.24) is 9.55 Å². The fourth-order valence-electron chi connectivity index (χ4n) is 3.21. The van der Waals surface area contributed by atoms with Gasteiger partial charge in [-0.3, -0.25) is 4.79 Å². The highest BCUT2D eigenvalue weighted by Crippen LogP contribution is 2.39. The Hall–Kier alpha value is -2.63. The molecule has 0 saturated carbocycles. The van der Waals surface area contributed by atoms with Crippen LogP contribution in [0.1, 0.15) is 30.3 Å². The summed E-state index contributed by atoms with van der Waals surface area (Å²) >= 11 is 7.98. The molecule has 4 heterocycles. The van der Waals surface area contributed by atoms with Crippen LogP contribution in [-0.4, -0.2) is 9.55 Å². The number of hydrogen-bond acceptors (Lipinski definition) is 4. The Labute approximate surface area is 172 Å². The van der Waals surface area contributed by atoms with Gasteiger partial charge in [-0.25, -0.2) is 4.98 Å². The summed E-state index contributed by atoms with van der Waals surface area (Å²) in [6.45, 7) is 9.97. The molecule has 28 heavy (non-hydrogen) atoms. The molecule has 4 nitrogen and oxygen atoms in total. The maximum absolute atomic E-state index is 12.4. The third kappa shape index (κ3) is 3.32. The van der Waals surface area contributed by atoms with Gasteiger partial charge in [-0.15, -0.1) is 11.3 Å². The van der Waals surface area contributed by atoms with Crippen LogP contribution in [0.15, 0.2) is 53.6 Å². The van der Waals surface area contributed by atoms with Crippen LogP contribution in [0.25, 0.3) is 27.8 Å². The summed E-state index contributed by atoms with van der Waals surface area (Å²) in [6, 6.07) is 7.98. The van der Waals surface area contributed by atoms with Crippen molar-refractivity contribution in [3.05, 3.63) is 74.6 Å². The lowest BCUT2D eigenvalue weighted by atomic mass is 10.0. The molecule has 1 aliphatic rings. The highest BCUT2D eigenvalue weighted by atomic mass is 35.5. The summed E-state index contributed by atoms with van der Waals surface area (Å²) < 4.78 is 1.66. The summed E-state index contributed by atoms with van der Waals surface area (Å²) in [4.78, 5) is 19.6. The minimum absolute atomic E-state index is 0.00727. The Balaban J connectivity index is 2.00. The molecule has 0 aromatic carbocycles. The van der Waals surface area contributed by atoms with E-state index in [0.29, 0.717) is 0 Å². The molecule has 3 aromatic heterocycles. The van der Waals surface area contributed by atoms with Crippen molar-refractivity contribution in [2.75, 3.05) is 5.32 Å². The van der Waals surface area contributed by atoms with Crippen LogP contribution in [0.2, 0.25) is 5.02 Å². The molecule has 4 rings (SSSR count). The minimum atomic E-state index is -0.183. The van der Waals surface area contributed by atoms with Crippen molar-refractivity contribution in [1.29, 1.82) is 0 Å². The number of hydrogen-bond donors (Lipinski definition) is 1. The lowest BCUT2D eigenvalue weighted by Gasteiger charge is -2.19. The summed E-state index contributed by atoms with van der Waals surface area (Å²) in [7, 11) is 0. The fourth-order valence-corrected chi connectivity index (χ4v) is 4.29. The second-order valence-corrected chi connectivity index (χ2v) is 8.79. The first-order valence-corrected chi connectivity index (χ1v) is 10.2. The Bertz CT molecular complexity index is 1190. The van der Waals surface area contributed by atoms with Gasteiger partial charge in [-0.05, 0) is 57.2 Å². The third-order valence-corrected chi connectivity index (χ3v) is 5.91. The van der Waals surface area contributed by atoms with E-state index in [2.05, 4.69) is 37.0 Å². The van der Waals surface area contributed by atoms with E-state index in [9.17, 15) is 4.79 Å². The number of allylic oxidation sites excluding steroid dienone is 1. The van der Waals surface area contributed by atoms with Gasteiger partial charge >= 0.3 is 0 Å². The van der Waals surface area contributed by atoms with Crippen LogP contribution < -0.4 is 10.9 Å². The predicted molar refractivity (Wildman–Crippen MR) is 119 cm³/mol. The number of nitrogens with zero attached hydrogens (tertiary/aromatic N) is 2. The molecular weight excluding hydrogens is 390 g/mol. The van der Waals surface area contributed by atoms with Crippen LogP contribution in [0.3, 0.4) is 0 Å². The minimum Gasteiger partial charge on any atom is -0.340 e. The molecule has 0 saturated heterocycles. The molecule has 0 atom stereocenters. The Morgan fingerprint density at radius 3 is 2.71 bits per heavy atom. The first-order valence-electron chi connectivity index (χ1n) is 9.01. The van der Waals surface area contributed by atoms with Crippen molar-refractivity contribution in [3.63, 3.8) is 0 Å². The Kier molecular flexibility index (Phi) is 4.73. The van der Waals surface area contributed by atoms with Gasteiger partial charge in [0.05, 0.1) is 10.6 Å². The molecular formula is C22H20ClN3OS. The van der Waals surface area contributed by atoms with Crippen molar-refractivity contribution >= 4 is 34.8 Å². The number of fused-ring (bicyclic) bond motifs is 1. The average Bonchev–Trinajstić information content (AvgIpc) is 3.08. The molecule has 0 aliphatic carbocycles. The quantitative estimate of drug-likeness (QED) is 0.565. The average molecular weight is 410 g/mol. The summed E-state index contributed by atoms with van der Waals surface area (Å²) in [6.07, 6.45) is 5.78. The van der Waals surface area contributed by atoms with E-state index in [-0.39, 0.29) is 16.6 Å². The van der Waals surface area contributed by atoms with E-state index in [1.165, 1.54) is 4.88 Å².